The summed E-state index contributed by atoms with van der Waals surface area (Å²) in [5, 5.41) is 0. The molecule has 2 aliphatic heterocycles. The third-order valence-electron chi connectivity index (χ3n) is 6.53. The van der Waals surface area contributed by atoms with Gasteiger partial charge in [0.25, 0.3) is 0 Å². The van der Waals surface area contributed by atoms with Crippen molar-refractivity contribution < 1.29 is 18.0 Å². The van der Waals surface area contributed by atoms with Gasteiger partial charge in [-0.25, -0.2) is 4.98 Å². The van der Waals surface area contributed by atoms with E-state index in [9.17, 15) is 18.0 Å². The average molecular weight is 416 g/mol. The van der Waals surface area contributed by atoms with Crippen molar-refractivity contribution in [2.45, 2.75) is 51.9 Å². The van der Waals surface area contributed by atoms with Gasteiger partial charge in [-0.05, 0) is 55.0 Å². The summed E-state index contributed by atoms with van der Waals surface area (Å²) in [5.74, 6) is 0.362. The number of hydrogen-bond acceptors (Lipinski definition) is 4. The van der Waals surface area contributed by atoms with Gasteiger partial charge in [0.2, 0.25) is 5.91 Å². The summed E-state index contributed by atoms with van der Waals surface area (Å²) in [6.07, 6.45) is 0.536. The molecule has 0 bridgehead atoms. The van der Waals surface area contributed by atoms with Crippen molar-refractivity contribution in [2.24, 2.45) is 5.92 Å². The minimum atomic E-state index is -4.43. The Morgan fingerprint density at radius 1 is 1.13 bits per heavy atom. The maximum absolute atomic E-state index is 12.9. The number of hydrogen-bond donors (Lipinski definition) is 0. The number of aromatic nitrogens is 2. The van der Waals surface area contributed by atoms with Gasteiger partial charge in [0.05, 0.1) is 11.9 Å². The van der Waals surface area contributed by atoms with E-state index in [1.165, 1.54) is 34.6 Å². The van der Waals surface area contributed by atoms with Gasteiger partial charge in [-0.2, -0.15) is 13.2 Å². The Morgan fingerprint density at radius 2 is 1.90 bits per heavy atom. The number of rotatable bonds is 3. The molecule has 4 heterocycles. The second kappa shape index (κ2) is 6.96. The summed E-state index contributed by atoms with van der Waals surface area (Å²) >= 11 is 0. The molecule has 2 aromatic heterocycles. The van der Waals surface area contributed by atoms with Crippen LogP contribution >= 0.6 is 0 Å². The standard InChI is InChI=1S/C22H23F3N4O/c1-13-17-11-29(12-18(17)16-3-2-4-19(16)27-13)21(30)7-14-9-28(10-14)15-5-6-20(26-8-15)22(23,24)25/h5-6,8,14H,2-4,7,9-12H2,1H3. The largest absolute Gasteiger partial charge is 0.433 e. The lowest BCUT2D eigenvalue weighted by Crippen LogP contribution is -2.48. The fraction of sp³-hybridized carbons (Fsp3) is 0.500. The van der Waals surface area contributed by atoms with Crippen LogP contribution < -0.4 is 4.90 Å². The van der Waals surface area contributed by atoms with E-state index in [2.05, 4.69) is 4.98 Å². The van der Waals surface area contributed by atoms with E-state index in [0.717, 1.165) is 31.0 Å². The minimum Gasteiger partial charge on any atom is -0.370 e. The Morgan fingerprint density at radius 3 is 2.60 bits per heavy atom. The third-order valence-corrected chi connectivity index (χ3v) is 6.53. The number of amides is 1. The predicted octanol–water partition coefficient (Wildman–Crippen LogP) is 3.66. The molecule has 30 heavy (non-hydrogen) atoms. The van der Waals surface area contributed by atoms with Crippen LogP contribution in [0.25, 0.3) is 0 Å². The molecule has 1 amide bonds. The van der Waals surface area contributed by atoms with Gasteiger partial charge in [-0.3, -0.25) is 9.78 Å². The quantitative estimate of drug-likeness (QED) is 0.766. The van der Waals surface area contributed by atoms with Crippen molar-refractivity contribution in [1.82, 2.24) is 14.9 Å². The van der Waals surface area contributed by atoms with Gasteiger partial charge >= 0.3 is 6.18 Å². The smallest absolute Gasteiger partial charge is 0.370 e. The molecule has 0 saturated carbocycles. The number of carbonyl (C=O) groups is 1. The minimum absolute atomic E-state index is 0.146. The van der Waals surface area contributed by atoms with E-state index >= 15 is 0 Å². The lowest BCUT2D eigenvalue weighted by molar-refractivity contribution is -0.141. The molecule has 2 aromatic rings. The van der Waals surface area contributed by atoms with Gasteiger partial charge in [-0.1, -0.05) is 0 Å². The Balaban J connectivity index is 1.18. The van der Waals surface area contributed by atoms with E-state index in [0.29, 0.717) is 38.3 Å². The van der Waals surface area contributed by atoms with Crippen molar-refractivity contribution in [3.05, 3.63) is 52.1 Å². The van der Waals surface area contributed by atoms with Crippen LogP contribution in [0, 0.1) is 12.8 Å². The number of halogens is 3. The molecule has 1 aliphatic carbocycles. The number of carbonyl (C=O) groups excluding carboxylic acids is 1. The molecule has 8 heteroatoms. The molecule has 1 saturated heterocycles. The highest BCUT2D eigenvalue weighted by molar-refractivity contribution is 5.78. The zero-order valence-corrected chi connectivity index (χ0v) is 16.8. The summed E-state index contributed by atoms with van der Waals surface area (Å²) in [5.41, 5.74) is 5.92. The monoisotopic (exact) mass is 416 g/mol. The van der Waals surface area contributed by atoms with E-state index in [-0.39, 0.29) is 11.8 Å². The molecule has 5 nitrogen and oxygen atoms in total. The molecule has 1 fully saturated rings. The van der Waals surface area contributed by atoms with Crippen molar-refractivity contribution in [2.75, 3.05) is 18.0 Å². The molecule has 0 radical (unpaired) electrons. The zero-order chi connectivity index (χ0) is 21.0. The van der Waals surface area contributed by atoms with Gasteiger partial charge in [0.1, 0.15) is 5.69 Å². The van der Waals surface area contributed by atoms with E-state index < -0.39 is 11.9 Å². The van der Waals surface area contributed by atoms with Crippen molar-refractivity contribution in [3.8, 4) is 0 Å². The molecule has 0 spiro atoms. The summed E-state index contributed by atoms with van der Waals surface area (Å²) in [6.45, 7) is 4.68. The van der Waals surface area contributed by atoms with E-state index in [1.54, 1.807) is 0 Å². The van der Waals surface area contributed by atoms with Gasteiger partial charge < -0.3 is 9.80 Å². The molecule has 0 atom stereocenters. The molecule has 5 rings (SSSR count). The average Bonchev–Trinajstić information content (AvgIpc) is 3.30. The van der Waals surface area contributed by atoms with Crippen molar-refractivity contribution in [1.29, 1.82) is 0 Å². The second-order valence-electron chi connectivity index (χ2n) is 8.56. The van der Waals surface area contributed by atoms with Crippen LogP contribution in [-0.4, -0.2) is 33.9 Å². The Labute approximate surface area is 172 Å². The van der Waals surface area contributed by atoms with E-state index in [1.807, 2.05) is 16.7 Å². The van der Waals surface area contributed by atoms with E-state index in [4.69, 9.17) is 4.98 Å². The highest BCUT2D eigenvalue weighted by atomic mass is 19.4. The number of anilines is 1. The maximum Gasteiger partial charge on any atom is 0.433 e. The lowest BCUT2D eigenvalue weighted by atomic mass is 9.95. The number of alkyl halides is 3. The Kier molecular flexibility index (Phi) is 4.48. The van der Waals surface area contributed by atoms with Gasteiger partial charge in [0, 0.05) is 49.9 Å². The van der Waals surface area contributed by atoms with Crippen LogP contribution in [0.15, 0.2) is 18.3 Å². The summed E-state index contributed by atoms with van der Waals surface area (Å²) in [7, 11) is 0. The second-order valence-corrected chi connectivity index (χ2v) is 8.56. The van der Waals surface area contributed by atoms with Crippen LogP contribution in [0.2, 0.25) is 0 Å². The molecule has 0 aromatic carbocycles. The van der Waals surface area contributed by atoms with Crippen LogP contribution in [0.5, 0.6) is 0 Å². The molecule has 158 valence electrons. The highest BCUT2D eigenvalue weighted by Crippen LogP contribution is 2.35. The first kappa shape index (κ1) is 19.3. The number of pyridine rings is 2. The highest BCUT2D eigenvalue weighted by Gasteiger charge is 2.36. The van der Waals surface area contributed by atoms with Crippen molar-refractivity contribution in [3.63, 3.8) is 0 Å². The normalized spacial score (nSPS) is 18.4. The summed E-state index contributed by atoms with van der Waals surface area (Å²) in [6, 6.07) is 2.45. The Hall–Kier alpha value is -2.64. The lowest BCUT2D eigenvalue weighted by Gasteiger charge is -2.41. The number of aryl methyl sites for hydroxylation is 2. The number of nitrogens with zero attached hydrogens (tertiary/aromatic N) is 4. The fourth-order valence-corrected chi connectivity index (χ4v) is 4.89. The van der Waals surface area contributed by atoms with Crippen LogP contribution in [0.4, 0.5) is 18.9 Å². The first-order chi connectivity index (χ1) is 14.3. The number of fused-ring (bicyclic) bond motifs is 3. The van der Waals surface area contributed by atoms with Gasteiger partial charge in [0.15, 0.2) is 0 Å². The summed E-state index contributed by atoms with van der Waals surface area (Å²) < 4.78 is 37.9. The molecular formula is C22H23F3N4O. The maximum atomic E-state index is 12.9. The SMILES string of the molecule is Cc1nc2c(c3c1CN(C(=O)CC1CN(c4ccc(C(F)(F)F)nc4)C1)C3)CCC2. The topological polar surface area (TPSA) is 49.3 Å². The van der Waals surface area contributed by atoms with Crippen LogP contribution in [-0.2, 0) is 36.9 Å². The van der Waals surface area contributed by atoms with Crippen LogP contribution in [0.3, 0.4) is 0 Å². The third kappa shape index (κ3) is 3.32. The molecule has 0 unspecified atom stereocenters. The first-order valence-corrected chi connectivity index (χ1v) is 10.4. The predicted molar refractivity (Wildman–Crippen MR) is 105 cm³/mol. The first-order valence-electron chi connectivity index (χ1n) is 10.4. The van der Waals surface area contributed by atoms with Gasteiger partial charge in [-0.15, -0.1) is 0 Å². The molecule has 3 aliphatic rings. The Bertz CT molecular complexity index is 997. The molecular weight excluding hydrogens is 393 g/mol. The fourth-order valence-electron chi connectivity index (χ4n) is 4.89. The molecule has 0 N–H and O–H groups in total. The summed E-state index contributed by atoms with van der Waals surface area (Å²) in [4.78, 5) is 25.0. The van der Waals surface area contributed by atoms with Crippen LogP contribution in [0.1, 0.15) is 46.6 Å². The van der Waals surface area contributed by atoms with Crippen molar-refractivity contribution >= 4 is 11.6 Å². The zero-order valence-electron chi connectivity index (χ0n) is 16.8.